The van der Waals surface area contributed by atoms with Crippen molar-refractivity contribution in [2.24, 2.45) is 0 Å². The van der Waals surface area contributed by atoms with E-state index in [1.165, 1.54) is 22.8 Å². The van der Waals surface area contributed by atoms with E-state index in [-0.39, 0.29) is 17.0 Å². The summed E-state index contributed by atoms with van der Waals surface area (Å²) in [5, 5.41) is 16.6. The number of anilines is 2. The monoisotopic (exact) mass is 346 g/mol. The number of nitrogens with zero attached hydrogens (tertiary/aromatic N) is 3. The molecule has 0 amide bonds. The Kier molecular flexibility index (Phi) is 4.76. The molecule has 2 aromatic heterocycles. The number of halogens is 1. The lowest BCUT2D eigenvalue weighted by molar-refractivity contribution is 0.0981. The van der Waals surface area contributed by atoms with Crippen molar-refractivity contribution < 1.29 is 9.18 Å². The zero-order chi connectivity index (χ0) is 18.8. The molecule has 26 heavy (non-hydrogen) atoms. The van der Waals surface area contributed by atoms with Crippen LogP contribution in [0.25, 0.3) is 5.52 Å². The summed E-state index contributed by atoms with van der Waals surface area (Å²) in [6.07, 6.45) is 4.20. The summed E-state index contributed by atoms with van der Waals surface area (Å²) in [5.74, 6) is -0.519. The molecule has 2 heterocycles. The Morgan fingerprint density at radius 1 is 1.46 bits per heavy atom. The molecule has 0 fully saturated rings. The minimum atomic E-state index is -0.532. The first-order valence-electron chi connectivity index (χ1n) is 8.22. The topological polar surface area (TPSA) is 70.2 Å². The number of hydrogen-bond donors (Lipinski definition) is 1. The molecule has 0 bridgehead atoms. The summed E-state index contributed by atoms with van der Waals surface area (Å²) in [6.45, 7) is 3.73. The van der Waals surface area contributed by atoms with Crippen molar-refractivity contribution in [3.8, 4) is 6.07 Å². The fourth-order valence-electron chi connectivity index (χ4n) is 2.91. The number of rotatable bonds is 5. The maximum atomic E-state index is 14.2. The number of aryl methyl sites for hydroxylation is 1. The molecule has 0 spiro atoms. The van der Waals surface area contributed by atoms with Gasteiger partial charge in [-0.05, 0) is 31.0 Å². The molecule has 3 aromatic rings. The summed E-state index contributed by atoms with van der Waals surface area (Å²) in [7, 11) is 5.58. The van der Waals surface area contributed by atoms with Crippen molar-refractivity contribution in [3.63, 3.8) is 0 Å². The van der Waals surface area contributed by atoms with Crippen LogP contribution in [0, 0.1) is 24.1 Å². The number of benzene rings is 1. The number of nitrogens with one attached hydrogen (secondary N) is 1. The van der Waals surface area contributed by atoms with Crippen molar-refractivity contribution >= 4 is 36.0 Å². The molecule has 0 unspecified atom stereocenters. The SMILES string of the molecule is [B]c1ccc(Nc2c(C#N)cnn3cc(C(=O)CCC)c(C)c23)c(F)c1. The molecule has 2 radical (unpaired) electrons. The number of carbonyl (C=O) groups excluding carboxylic acids is 1. The Labute approximate surface area is 151 Å². The number of nitriles is 1. The Hall–Kier alpha value is -3.14. The van der Waals surface area contributed by atoms with Crippen LogP contribution >= 0.6 is 0 Å². The van der Waals surface area contributed by atoms with Crippen molar-refractivity contribution in [3.05, 3.63) is 53.1 Å². The van der Waals surface area contributed by atoms with E-state index in [4.69, 9.17) is 7.85 Å². The summed E-state index contributed by atoms with van der Waals surface area (Å²) >= 11 is 0. The van der Waals surface area contributed by atoms with Crippen LogP contribution in [0.5, 0.6) is 0 Å². The Morgan fingerprint density at radius 2 is 2.23 bits per heavy atom. The van der Waals surface area contributed by atoms with Crippen LogP contribution in [0.15, 0.2) is 30.6 Å². The molecule has 1 aromatic carbocycles. The quantitative estimate of drug-likeness (QED) is 0.569. The first-order chi connectivity index (χ1) is 12.5. The molecule has 1 N–H and O–H groups in total. The van der Waals surface area contributed by atoms with Crippen LogP contribution in [0.3, 0.4) is 0 Å². The lowest BCUT2D eigenvalue weighted by atomic mass is 9.96. The van der Waals surface area contributed by atoms with Gasteiger partial charge in [0.25, 0.3) is 0 Å². The van der Waals surface area contributed by atoms with Gasteiger partial charge in [0.05, 0.1) is 28.7 Å². The van der Waals surface area contributed by atoms with Gasteiger partial charge in [-0.2, -0.15) is 10.4 Å². The van der Waals surface area contributed by atoms with Crippen molar-refractivity contribution in [1.29, 1.82) is 5.26 Å². The minimum Gasteiger partial charge on any atom is -0.350 e. The van der Waals surface area contributed by atoms with Gasteiger partial charge < -0.3 is 5.32 Å². The smallest absolute Gasteiger partial charge is 0.164 e. The van der Waals surface area contributed by atoms with Gasteiger partial charge in [-0.15, -0.1) is 0 Å². The molecule has 128 valence electrons. The predicted octanol–water partition coefficient (Wildman–Crippen LogP) is 3.17. The summed E-state index contributed by atoms with van der Waals surface area (Å²) in [6, 6.07) is 6.33. The molecule has 3 rings (SSSR count). The number of fused-ring (bicyclic) bond motifs is 1. The number of ketones is 1. The number of Topliss-reactive ketones (excluding diaryl/α,β-unsaturated/α-hetero) is 1. The molecule has 0 aliphatic rings. The van der Waals surface area contributed by atoms with Gasteiger partial charge in [0.2, 0.25) is 0 Å². The van der Waals surface area contributed by atoms with E-state index in [2.05, 4.69) is 16.5 Å². The lowest BCUT2D eigenvalue weighted by Crippen LogP contribution is -2.06. The van der Waals surface area contributed by atoms with Crippen molar-refractivity contribution in [2.75, 3.05) is 5.32 Å². The molecular weight excluding hydrogens is 330 g/mol. The predicted molar refractivity (Wildman–Crippen MR) is 99.0 cm³/mol. The van der Waals surface area contributed by atoms with Crippen LogP contribution in [0.1, 0.15) is 41.3 Å². The standard InChI is InChI=1S/C19H16BFN4O/c1-3-4-17(26)14-10-25-19(11(14)2)18(12(8-22)9-23-25)24-16-6-5-13(20)7-15(16)21/h5-7,9-10,24H,3-4H2,1-2H3. The van der Waals surface area contributed by atoms with E-state index < -0.39 is 5.82 Å². The zero-order valence-corrected chi connectivity index (χ0v) is 14.5. The molecule has 5 nitrogen and oxygen atoms in total. The minimum absolute atomic E-state index is 0.0126. The van der Waals surface area contributed by atoms with Gasteiger partial charge in [-0.3, -0.25) is 4.79 Å². The highest BCUT2D eigenvalue weighted by molar-refractivity contribution is 6.32. The third kappa shape index (κ3) is 3.06. The van der Waals surface area contributed by atoms with Crippen LogP contribution < -0.4 is 10.8 Å². The average molecular weight is 346 g/mol. The highest BCUT2D eigenvalue weighted by atomic mass is 19.1. The lowest BCUT2D eigenvalue weighted by Gasteiger charge is -2.12. The summed E-state index contributed by atoms with van der Waals surface area (Å²) < 4.78 is 15.7. The van der Waals surface area contributed by atoms with E-state index in [0.717, 1.165) is 6.42 Å². The Balaban J connectivity index is 2.19. The third-order valence-electron chi connectivity index (χ3n) is 4.21. The van der Waals surface area contributed by atoms with Gasteiger partial charge in [-0.1, -0.05) is 18.5 Å². The molecule has 0 saturated carbocycles. The second-order valence-corrected chi connectivity index (χ2v) is 6.04. The summed E-state index contributed by atoms with van der Waals surface area (Å²) in [4.78, 5) is 12.4. The first-order valence-corrected chi connectivity index (χ1v) is 8.22. The van der Waals surface area contributed by atoms with E-state index in [0.29, 0.717) is 34.2 Å². The van der Waals surface area contributed by atoms with Crippen LogP contribution in [-0.2, 0) is 0 Å². The maximum Gasteiger partial charge on any atom is 0.164 e. The molecule has 0 aliphatic carbocycles. The number of aromatic nitrogens is 2. The van der Waals surface area contributed by atoms with Gasteiger partial charge in [-0.25, -0.2) is 8.91 Å². The Bertz CT molecular complexity index is 1050. The highest BCUT2D eigenvalue weighted by Gasteiger charge is 2.19. The zero-order valence-electron chi connectivity index (χ0n) is 14.5. The molecule has 0 aliphatic heterocycles. The first kappa shape index (κ1) is 17.7. The second kappa shape index (κ2) is 7.00. The normalized spacial score (nSPS) is 10.7. The molecular formula is C19H16BFN4O. The van der Waals surface area contributed by atoms with Crippen molar-refractivity contribution in [2.45, 2.75) is 26.7 Å². The molecule has 0 saturated heterocycles. The Morgan fingerprint density at radius 3 is 2.88 bits per heavy atom. The fraction of sp³-hybridized carbons (Fsp3) is 0.211. The van der Waals surface area contributed by atoms with Gasteiger partial charge in [0.1, 0.15) is 19.7 Å². The van der Waals surface area contributed by atoms with Gasteiger partial charge >= 0.3 is 0 Å². The average Bonchev–Trinajstić information content (AvgIpc) is 2.95. The third-order valence-corrected chi connectivity index (χ3v) is 4.21. The largest absolute Gasteiger partial charge is 0.350 e. The van der Waals surface area contributed by atoms with Crippen molar-refractivity contribution in [1.82, 2.24) is 9.61 Å². The molecule has 0 atom stereocenters. The second-order valence-electron chi connectivity index (χ2n) is 6.04. The van der Waals surface area contributed by atoms with E-state index in [9.17, 15) is 14.4 Å². The summed E-state index contributed by atoms with van der Waals surface area (Å²) in [5.41, 5.74) is 2.97. The number of carbonyl (C=O) groups is 1. The van der Waals surface area contributed by atoms with Gasteiger partial charge in [0, 0.05) is 18.2 Å². The van der Waals surface area contributed by atoms with Crippen LogP contribution in [0.4, 0.5) is 15.8 Å². The molecule has 7 heteroatoms. The van der Waals surface area contributed by atoms with E-state index in [1.54, 1.807) is 19.2 Å². The van der Waals surface area contributed by atoms with Gasteiger partial charge in [0.15, 0.2) is 5.78 Å². The fourth-order valence-corrected chi connectivity index (χ4v) is 2.91. The van der Waals surface area contributed by atoms with E-state index >= 15 is 0 Å². The van der Waals surface area contributed by atoms with Crippen LogP contribution in [-0.4, -0.2) is 23.2 Å². The highest BCUT2D eigenvalue weighted by Crippen LogP contribution is 2.31. The maximum absolute atomic E-state index is 14.2. The van der Waals surface area contributed by atoms with Crippen LogP contribution in [0.2, 0.25) is 0 Å². The number of hydrogen-bond acceptors (Lipinski definition) is 4. The van der Waals surface area contributed by atoms with E-state index in [1.807, 2.05) is 6.92 Å².